The highest BCUT2D eigenvalue weighted by atomic mass is 19.4. The monoisotopic (exact) mass is 375 g/mol. The van der Waals surface area contributed by atoms with E-state index in [0.29, 0.717) is 17.9 Å². The van der Waals surface area contributed by atoms with E-state index >= 15 is 0 Å². The summed E-state index contributed by atoms with van der Waals surface area (Å²) in [4.78, 5) is 1.84. The van der Waals surface area contributed by atoms with Crippen LogP contribution in [0.25, 0.3) is 0 Å². The first kappa shape index (κ1) is 18.2. The summed E-state index contributed by atoms with van der Waals surface area (Å²) in [5.74, 6) is 0.107. The van der Waals surface area contributed by atoms with Gasteiger partial charge in [-0.1, -0.05) is 30.3 Å². The minimum atomic E-state index is -4.36. The van der Waals surface area contributed by atoms with Gasteiger partial charge in [0.1, 0.15) is 0 Å². The van der Waals surface area contributed by atoms with Crippen LogP contribution in [-0.2, 0) is 12.6 Å². The molecule has 2 heterocycles. The maximum Gasteiger partial charge on any atom is 0.418 e. The van der Waals surface area contributed by atoms with Gasteiger partial charge in [0.05, 0.1) is 11.3 Å². The fraction of sp³-hybridized carbons (Fsp3) is 0.429. The lowest BCUT2D eigenvalue weighted by molar-refractivity contribution is -0.137. The molecule has 2 aliphatic rings. The first-order chi connectivity index (χ1) is 12.9. The molecule has 2 aliphatic heterocycles. The molecule has 1 fully saturated rings. The van der Waals surface area contributed by atoms with Gasteiger partial charge in [-0.05, 0) is 42.6 Å². The summed E-state index contributed by atoms with van der Waals surface area (Å²) in [6.45, 7) is 2.18. The van der Waals surface area contributed by atoms with Gasteiger partial charge in [-0.15, -0.1) is 0 Å². The SMILES string of the molecule is CN1c2c(cc(NCCc3ccccc3)cc2C(F)(F)F)C2CNCC[C@@H]21. The number of alkyl halides is 3. The van der Waals surface area contributed by atoms with Crippen molar-refractivity contribution in [3.63, 3.8) is 0 Å². The number of halogens is 3. The predicted octanol–water partition coefficient (Wildman–Crippen LogP) is 4.26. The maximum absolute atomic E-state index is 13.8. The summed E-state index contributed by atoms with van der Waals surface area (Å²) < 4.78 is 41.4. The molecular formula is C21H24F3N3. The average molecular weight is 375 g/mol. The van der Waals surface area contributed by atoms with Crippen molar-refractivity contribution in [3.05, 3.63) is 59.2 Å². The van der Waals surface area contributed by atoms with Crippen LogP contribution in [0.2, 0.25) is 0 Å². The van der Waals surface area contributed by atoms with Crippen LogP contribution in [0.4, 0.5) is 24.5 Å². The third kappa shape index (κ3) is 3.50. The van der Waals surface area contributed by atoms with Crippen LogP contribution < -0.4 is 15.5 Å². The number of nitrogens with one attached hydrogen (secondary N) is 2. The smallest absolute Gasteiger partial charge is 0.385 e. The molecule has 2 N–H and O–H groups in total. The number of anilines is 2. The molecule has 4 rings (SSSR count). The lowest BCUT2D eigenvalue weighted by Gasteiger charge is -2.31. The highest BCUT2D eigenvalue weighted by Gasteiger charge is 2.45. The first-order valence-electron chi connectivity index (χ1n) is 9.41. The molecule has 27 heavy (non-hydrogen) atoms. The lowest BCUT2D eigenvalue weighted by atomic mass is 9.89. The van der Waals surface area contributed by atoms with E-state index in [1.54, 1.807) is 7.05 Å². The highest BCUT2D eigenvalue weighted by Crippen LogP contribution is 2.49. The third-order valence-electron chi connectivity index (χ3n) is 5.73. The van der Waals surface area contributed by atoms with E-state index < -0.39 is 11.7 Å². The molecular weight excluding hydrogens is 351 g/mol. The molecule has 0 aliphatic carbocycles. The Hall–Kier alpha value is -2.21. The average Bonchev–Trinajstić information content (AvgIpc) is 2.94. The maximum atomic E-state index is 13.8. The van der Waals surface area contributed by atoms with Gasteiger partial charge in [0, 0.05) is 37.8 Å². The van der Waals surface area contributed by atoms with Crippen molar-refractivity contribution in [1.82, 2.24) is 5.32 Å². The molecule has 0 saturated carbocycles. The molecule has 6 heteroatoms. The summed E-state index contributed by atoms with van der Waals surface area (Å²) >= 11 is 0. The number of hydrogen-bond donors (Lipinski definition) is 2. The van der Waals surface area contributed by atoms with Crippen LogP contribution in [0.3, 0.4) is 0 Å². The van der Waals surface area contributed by atoms with Gasteiger partial charge in [-0.25, -0.2) is 0 Å². The van der Waals surface area contributed by atoms with Crippen LogP contribution in [0, 0.1) is 0 Å². The third-order valence-corrected chi connectivity index (χ3v) is 5.73. The molecule has 1 saturated heterocycles. The quantitative estimate of drug-likeness (QED) is 0.836. The van der Waals surface area contributed by atoms with Crippen LogP contribution in [0.15, 0.2) is 42.5 Å². The van der Waals surface area contributed by atoms with Crippen molar-refractivity contribution in [1.29, 1.82) is 0 Å². The number of hydrogen-bond acceptors (Lipinski definition) is 3. The minimum absolute atomic E-state index is 0.107. The van der Waals surface area contributed by atoms with Gasteiger partial charge in [-0.2, -0.15) is 13.2 Å². The molecule has 0 bridgehead atoms. The fourth-order valence-corrected chi connectivity index (χ4v) is 4.44. The molecule has 2 aromatic carbocycles. The number of likely N-dealkylation sites (N-methyl/N-ethyl adjacent to an activating group) is 1. The fourth-order valence-electron chi connectivity index (χ4n) is 4.44. The van der Waals surface area contributed by atoms with E-state index in [1.807, 2.05) is 41.3 Å². The van der Waals surface area contributed by atoms with Gasteiger partial charge in [0.15, 0.2) is 0 Å². The Balaban J connectivity index is 1.62. The molecule has 0 radical (unpaired) electrons. The zero-order valence-corrected chi connectivity index (χ0v) is 15.3. The summed E-state index contributed by atoms with van der Waals surface area (Å²) in [7, 11) is 1.80. The van der Waals surface area contributed by atoms with E-state index in [0.717, 1.165) is 31.5 Å². The molecule has 0 amide bonds. The van der Waals surface area contributed by atoms with Gasteiger partial charge in [0.25, 0.3) is 0 Å². The zero-order valence-electron chi connectivity index (χ0n) is 15.3. The Morgan fingerprint density at radius 2 is 1.96 bits per heavy atom. The Morgan fingerprint density at radius 3 is 2.70 bits per heavy atom. The zero-order chi connectivity index (χ0) is 19.0. The number of benzene rings is 2. The number of nitrogens with zero attached hydrogens (tertiary/aromatic N) is 1. The van der Waals surface area contributed by atoms with Crippen molar-refractivity contribution in [3.8, 4) is 0 Å². The normalized spacial score (nSPS) is 21.7. The Morgan fingerprint density at radius 1 is 1.19 bits per heavy atom. The van der Waals surface area contributed by atoms with Crippen LogP contribution in [0.1, 0.15) is 29.0 Å². The molecule has 3 nitrogen and oxygen atoms in total. The van der Waals surface area contributed by atoms with Crippen molar-refractivity contribution in [2.45, 2.75) is 31.0 Å². The predicted molar refractivity (Wildman–Crippen MR) is 102 cm³/mol. The van der Waals surface area contributed by atoms with Gasteiger partial charge in [-0.3, -0.25) is 0 Å². The molecule has 0 aromatic heterocycles. The summed E-state index contributed by atoms with van der Waals surface area (Å²) in [6, 6.07) is 13.3. The first-order valence-corrected chi connectivity index (χ1v) is 9.41. The van der Waals surface area contributed by atoms with Crippen molar-refractivity contribution in [2.24, 2.45) is 0 Å². The van der Waals surface area contributed by atoms with E-state index in [9.17, 15) is 13.2 Å². The number of rotatable bonds is 4. The van der Waals surface area contributed by atoms with E-state index in [4.69, 9.17) is 0 Å². The largest absolute Gasteiger partial charge is 0.418 e. The Labute approximate surface area is 157 Å². The molecule has 2 atom stereocenters. The summed E-state index contributed by atoms with van der Waals surface area (Å²) in [5, 5.41) is 6.54. The number of fused-ring (bicyclic) bond motifs is 3. The standard InChI is InChI=1S/C21H24F3N3/c1-27-19-8-9-25-13-17(19)16-11-15(12-18(20(16)27)21(22,23)24)26-10-7-14-5-3-2-4-6-14/h2-6,11-12,17,19,25-26H,7-10,13H2,1H3/t17?,19-/m0/s1. The van der Waals surface area contributed by atoms with Crippen molar-refractivity contribution in [2.75, 3.05) is 36.9 Å². The topological polar surface area (TPSA) is 27.3 Å². The second-order valence-corrected chi connectivity index (χ2v) is 7.40. The second-order valence-electron chi connectivity index (χ2n) is 7.40. The van der Waals surface area contributed by atoms with Crippen LogP contribution in [0.5, 0.6) is 0 Å². The Bertz CT molecular complexity index is 804. The van der Waals surface area contributed by atoms with Crippen molar-refractivity contribution < 1.29 is 13.2 Å². The molecule has 1 unspecified atom stereocenters. The van der Waals surface area contributed by atoms with Gasteiger partial charge < -0.3 is 15.5 Å². The molecule has 2 aromatic rings. The van der Waals surface area contributed by atoms with E-state index in [1.165, 1.54) is 11.6 Å². The Kier molecular flexibility index (Phi) is 4.76. The van der Waals surface area contributed by atoms with E-state index in [-0.39, 0.29) is 12.0 Å². The van der Waals surface area contributed by atoms with E-state index in [2.05, 4.69) is 10.6 Å². The lowest BCUT2D eigenvalue weighted by Crippen LogP contribution is -2.42. The molecule has 144 valence electrons. The van der Waals surface area contributed by atoms with Crippen molar-refractivity contribution >= 4 is 11.4 Å². The molecule has 0 spiro atoms. The summed E-state index contributed by atoms with van der Waals surface area (Å²) in [6.07, 6.45) is -2.73. The van der Waals surface area contributed by atoms with Gasteiger partial charge in [0.2, 0.25) is 0 Å². The van der Waals surface area contributed by atoms with Crippen LogP contribution >= 0.6 is 0 Å². The van der Waals surface area contributed by atoms with Crippen LogP contribution in [-0.4, -0.2) is 32.7 Å². The summed E-state index contributed by atoms with van der Waals surface area (Å²) in [5.41, 5.74) is 2.36. The minimum Gasteiger partial charge on any atom is -0.385 e. The van der Waals surface area contributed by atoms with Gasteiger partial charge >= 0.3 is 6.18 Å². The highest BCUT2D eigenvalue weighted by molar-refractivity contribution is 5.72. The number of piperidine rings is 1. The second kappa shape index (κ2) is 7.08.